The third-order valence-electron chi connectivity index (χ3n) is 6.20. The van der Waals surface area contributed by atoms with Crippen molar-refractivity contribution in [2.75, 3.05) is 33.4 Å². The molecule has 1 spiro atoms. The quantitative estimate of drug-likeness (QED) is 0.637. The molecule has 6 heteroatoms. The summed E-state index contributed by atoms with van der Waals surface area (Å²) in [5.74, 6) is -0.226. The van der Waals surface area contributed by atoms with Crippen molar-refractivity contribution in [3.63, 3.8) is 0 Å². The van der Waals surface area contributed by atoms with Crippen LogP contribution in [0.25, 0.3) is 10.9 Å². The van der Waals surface area contributed by atoms with Crippen LogP contribution < -0.4 is 5.32 Å². The van der Waals surface area contributed by atoms with Crippen LogP contribution in [0.1, 0.15) is 12.1 Å². The Balaban J connectivity index is 1.71. The maximum atomic E-state index is 13.1. The largest absolute Gasteiger partial charge is 0.468 e. The molecule has 1 aromatic heterocycles. The van der Waals surface area contributed by atoms with Crippen molar-refractivity contribution < 1.29 is 19.0 Å². The topological polar surface area (TPSA) is 75.9 Å². The molecule has 25 heavy (non-hydrogen) atoms. The smallest absolute Gasteiger partial charge is 0.320 e. The molecule has 3 saturated heterocycles. The lowest BCUT2D eigenvalue weighted by Gasteiger charge is -2.42. The van der Waals surface area contributed by atoms with Crippen molar-refractivity contribution in [2.24, 2.45) is 5.92 Å². The first-order valence-electron chi connectivity index (χ1n) is 8.84. The summed E-state index contributed by atoms with van der Waals surface area (Å²) in [6.45, 7) is 2.46. The number of piperidine rings is 1. The van der Waals surface area contributed by atoms with E-state index in [0.717, 1.165) is 36.1 Å². The second kappa shape index (κ2) is 5.30. The van der Waals surface area contributed by atoms with E-state index >= 15 is 0 Å². The Morgan fingerprint density at radius 3 is 3.08 bits per heavy atom. The molecule has 6 nitrogen and oxygen atoms in total. The highest BCUT2D eigenvalue weighted by atomic mass is 16.6. The van der Waals surface area contributed by atoms with Crippen molar-refractivity contribution in [1.29, 1.82) is 0 Å². The molecule has 3 aliphatic heterocycles. The summed E-state index contributed by atoms with van der Waals surface area (Å²) in [7, 11) is 1.45. The summed E-state index contributed by atoms with van der Waals surface area (Å²) in [5, 5.41) is 4.51. The summed E-state index contributed by atoms with van der Waals surface area (Å²) in [6, 6.07) is 10.1. The van der Waals surface area contributed by atoms with Crippen LogP contribution in [0, 0.1) is 5.92 Å². The number of benzene rings is 1. The van der Waals surface area contributed by atoms with Crippen molar-refractivity contribution >= 4 is 16.9 Å². The number of methoxy groups -OCH3 is 1. The predicted octanol–water partition coefficient (Wildman–Crippen LogP) is 1.36. The van der Waals surface area contributed by atoms with Crippen LogP contribution in [0.15, 0.2) is 30.3 Å². The molecule has 2 aromatic rings. The number of carbonyl (C=O) groups is 1. The fourth-order valence-corrected chi connectivity index (χ4v) is 4.93. The van der Waals surface area contributed by atoms with E-state index in [4.69, 9.17) is 14.2 Å². The fourth-order valence-electron chi connectivity index (χ4n) is 4.93. The number of para-hydroxylation sites is 1. The average Bonchev–Trinajstić information content (AvgIpc) is 3.15. The number of nitrogens with one attached hydrogen (secondary N) is 2. The molecule has 2 N–H and O–H groups in total. The van der Waals surface area contributed by atoms with Gasteiger partial charge in [0.05, 0.1) is 20.3 Å². The van der Waals surface area contributed by atoms with Crippen molar-refractivity contribution in [3.05, 3.63) is 36.0 Å². The number of aromatic nitrogens is 1. The highest BCUT2D eigenvalue weighted by molar-refractivity contribution is 5.88. The summed E-state index contributed by atoms with van der Waals surface area (Å²) in [4.78, 5) is 16.6. The average molecular weight is 342 g/mol. The Labute approximate surface area is 145 Å². The minimum atomic E-state index is -0.874. The van der Waals surface area contributed by atoms with Gasteiger partial charge in [0, 0.05) is 23.7 Å². The minimum Gasteiger partial charge on any atom is -0.468 e. The van der Waals surface area contributed by atoms with E-state index in [0.29, 0.717) is 13.2 Å². The van der Waals surface area contributed by atoms with E-state index in [2.05, 4.69) is 16.4 Å². The van der Waals surface area contributed by atoms with E-state index in [1.54, 1.807) is 0 Å². The lowest BCUT2D eigenvalue weighted by atomic mass is 9.64. The standard InChI is InChI=1S/C19H22N2O4/c1-23-17(22)18(15-8-12-4-2-3-5-13(12)21-15)11-24-9-16-19(25-16)10-20-7-6-14(18)19/h2-5,8,14,16,20-21H,6-7,9-11H2,1H3/t14-,16-,18+,19+/m1/s1. The van der Waals surface area contributed by atoms with Gasteiger partial charge in [0.15, 0.2) is 0 Å². The van der Waals surface area contributed by atoms with Gasteiger partial charge in [-0.15, -0.1) is 0 Å². The van der Waals surface area contributed by atoms with Crippen molar-refractivity contribution in [1.82, 2.24) is 10.3 Å². The summed E-state index contributed by atoms with van der Waals surface area (Å²) in [6.07, 6.45) is 0.908. The Morgan fingerprint density at radius 2 is 2.24 bits per heavy atom. The maximum Gasteiger partial charge on any atom is 0.320 e. The number of epoxide rings is 1. The summed E-state index contributed by atoms with van der Waals surface area (Å²) < 4.78 is 17.3. The molecule has 4 atom stereocenters. The number of hydrogen-bond donors (Lipinski definition) is 2. The van der Waals surface area contributed by atoms with Gasteiger partial charge < -0.3 is 24.5 Å². The second-order valence-electron chi connectivity index (χ2n) is 7.33. The van der Waals surface area contributed by atoms with Crippen LogP contribution in [0.3, 0.4) is 0 Å². The van der Waals surface area contributed by atoms with E-state index < -0.39 is 5.41 Å². The third kappa shape index (κ3) is 1.99. The van der Waals surface area contributed by atoms with Crippen LogP contribution in [-0.2, 0) is 24.4 Å². The first kappa shape index (κ1) is 15.4. The number of aromatic amines is 1. The zero-order chi connectivity index (χ0) is 17.1. The molecule has 0 bridgehead atoms. The number of hydrogen-bond acceptors (Lipinski definition) is 5. The number of rotatable bonds is 2. The van der Waals surface area contributed by atoms with Gasteiger partial charge in [-0.3, -0.25) is 4.79 Å². The molecular weight excluding hydrogens is 320 g/mol. The normalized spacial score (nSPS) is 37.0. The number of H-pyrrole nitrogens is 1. The molecule has 0 radical (unpaired) electrons. The lowest BCUT2D eigenvalue weighted by molar-refractivity contribution is -0.156. The zero-order valence-electron chi connectivity index (χ0n) is 14.2. The molecule has 5 rings (SSSR count). The number of fused-ring (bicyclic) bond motifs is 1. The lowest BCUT2D eigenvalue weighted by Crippen LogP contribution is -2.58. The van der Waals surface area contributed by atoms with Gasteiger partial charge >= 0.3 is 5.97 Å². The first-order chi connectivity index (χ1) is 12.2. The highest BCUT2D eigenvalue weighted by Crippen LogP contribution is 2.56. The molecule has 0 aliphatic carbocycles. The monoisotopic (exact) mass is 342 g/mol. The molecular formula is C19H22N2O4. The number of carbonyl (C=O) groups excluding carboxylic acids is 1. The third-order valence-corrected chi connectivity index (χ3v) is 6.20. The molecule has 0 unspecified atom stereocenters. The molecule has 0 amide bonds. The van der Waals surface area contributed by atoms with Crippen LogP contribution in [0.4, 0.5) is 0 Å². The SMILES string of the molecule is COC(=O)[C@@]1(c2cc3ccccc3[nH]2)COC[C@H]2O[C@]23CNCC[C@@H]31. The Bertz CT molecular complexity index is 801. The van der Waals surface area contributed by atoms with Crippen LogP contribution in [0.5, 0.6) is 0 Å². The van der Waals surface area contributed by atoms with E-state index in [9.17, 15) is 4.79 Å². The molecule has 3 fully saturated rings. The molecule has 0 saturated carbocycles. The molecule has 4 heterocycles. The van der Waals surface area contributed by atoms with Gasteiger partial charge in [-0.2, -0.15) is 0 Å². The van der Waals surface area contributed by atoms with Crippen LogP contribution >= 0.6 is 0 Å². The van der Waals surface area contributed by atoms with Crippen LogP contribution in [-0.4, -0.2) is 56.1 Å². The van der Waals surface area contributed by atoms with Gasteiger partial charge in [-0.05, 0) is 30.5 Å². The van der Waals surface area contributed by atoms with E-state index in [1.807, 2.05) is 24.3 Å². The van der Waals surface area contributed by atoms with Crippen molar-refractivity contribution in [2.45, 2.75) is 23.5 Å². The Hall–Kier alpha value is -1.89. The van der Waals surface area contributed by atoms with Gasteiger partial charge in [0.1, 0.15) is 17.1 Å². The second-order valence-corrected chi connectivity index (χ2v) is 7.33. The molecule has 132 valence electrons. The van der Waals surface area contributed by atoms with E-state index in [-0.39, 0.29) is 23.6 Å². The number of ether oxygens (including phenoxy) is 3. The Kier molecular flexibility index (Phi) is 3.26. The first-order valence-corrected chi connectivity index (χ1v) is 8.84. The van der Waals surface area contributed by atoms with Crippen LogP contribution in [0.2, 0.25) is 0 Å². The highest BCUT2D eigenvalue weighted by Gasteiger charge is 2.71. The van der Waals surface area contributed by atoms with Gasteiger partial charge in [-0.25, -0.2) is 0 Å². The summed E-state index contributed by atoms with van der Waals surface area (Å²) in [5.41, 5.74) is 0.672. The van der Waals surface area contributed by atoms with Crippen molar-refractivity contribution in [3.8, 4) is 0 Å². The minimum absolute atomic E-state index is 0.0225. The maximum absolute atomic E-state index is 13.1. The zero-order valence-corrected chi connectivity index (χ0v) is 14.2. The fraction of sp³-hybridized carbons (Fsp3) is 0.526. The molecule has 1 aromatic carbocycles. The summed E-state index contributed by atoms with van der Waals surface area (Å²) >= 11 is 0. The van der Waals surface area contributed by atoms with Gasteiger partial charge in [0.25, 0.3) is 0 Å². The van der Waals surface area contributed by atoms with E-state index in [1.165, 1.54) is 7.11 Å². The molecule has 3 aliphatic rings. The Morgan fingerprint density at radius 1 is 1.36 bits per heavy atom. The van der Waals surface area contributed by atoms with Gasteiger partial charge in [0.2, 0.25) is 0 Å². The van der Waals surface area contributed by atoms with Gasteiger partial charge in [-0.1, -0.05) is 18.2 Å². The predicted molar refractivity (Wildman–Crippen MR) is 91.4 cm³/mol. The number of esters is 1.